The second kappa shape index (κ2) is 12.5. The van der Waals surface area contributed by atoms with Gasteiger partial charge in [-0.1, -0.05) is 11.1 Å². The Hall–Kier alpha value is -4.64. The maximum Gasteiger partial charge on any atom is 0.260 e. The van der Waals surface area contributed by atoms with Gasteiger partial charge in [0, 0.05) is 43.4 Å². The maximum absolute atomic E-state index is 13.4. The van der Waals surface area contributed by atoms with E-state index in [0.29, 0.717) is 84.7 Å². The van der Waals surface area contributed by atoms with E-state index < -0.39 is 0 Å². The molecule has 2 amide bonds. The van der Waals surface area contributed by atoms with Gasteiger partial charge in [-0.05, 0) is 51.8 Å². The zero-order valence-corrected chi connectivity index (χ0v) is 25.2. The second-order valence-electron chi connectivity index (χ2n) is 11.4. The first-order chi connectivity index (χ1) is 21.4. The molecule has 2 aromatic rings. The van der Waals surface area contributed by atoms with Crippen molar-refractivity contribution < 1.29 is 28.5 Å². The number of nitrogens with two attached hydrogens (primary N) is 1. The lowest BCUT2D eigenvalue weighted by molar-refractivity contribution is 0.0809. The molecule has 0 aromatic heterocycles. The van der Waals surface area contributed by atoms with E-state index in [1.807, 2.05) is 38.7 Å². The Balaban J connectivity index is 1.13. The molecule has 0 bridgehead atoms. The van der Waals surface area contributed by atoms with E-state index in [2.05, 4.69) is 9.98 Å². The van der Waals surface area contributed by atoms with E-state index >= 15 is 0 Å². The number of rotatable bonds is 11. The Morgan fingerprint density at radius 2 is 1.18 bits per heavy atom. The van der Waals surface area contributed by atoms with Gasteiger partial charge in [0.25, 0.3) is 11.8 Å². The summed E-state index contributed by atoms with van der Waals surface area (Å²) in [7, 11) is 1.55. The minimum absolute atomic E-state index is 0.0819. The molecule has 0 spiro atoms. The first-order valence-electron chi connectivity index (χ1n) is 14.9. The highest BCUT2D eigenvalue weighted by Gasteiger charge is 2.33. The average Bonchev–Trinajstić information content (AvgIpc) is 3.53. The van der Waals surface area contributed by atoms with E-state index in [1.54, 1.807) is 41.2 Å². The standard InChI is InChI=1S/C33H37N5O6/c1-20-10-22-16-35-26-14-30(28(41-3)12-24(26)32(39)37(22)18-20)43-8-5-9-44-31-15-27-25(13-29(31)42-7-4-6-34)33(40)38-19-21(2)11-23(38)17-36-27/h12-19,22-23H,4-11,34H2,1-3H3. The van der Waals surface area contributed by atoms with Crippen LogP contribution in [0.4, 0.5) is 11.4 Å². The number of fused-ring (bicyclic) bond motifs is 4. The molecule has 2 N–H and O–H groups in total. The topological polar surface area (TPSA) is 128 Å². The van der Waals surface area contributed by atoms with Gasteiger partial charge < -0.3 is 34.5 Å². The number of hydrogen-bond donors (Lipinski definition) is 1. The van der Waals surface area contributed by atoms with E-state index in [9.17, 15) is 9.59 Å². The number of ether oxygens (including phenoxy) is 4. The Morgan fingerprint density at radius 1 is 0.727 bits per heavy atom. The zero-order chi connectivity index (χ0) is 30.8. The summed E-state index contributed by atoms with van der Waals surface area (Å²) >= 11 is 0. The van der Waals surface area contributed by atoms with Crippen LogP contribution in [0.2, 0.25) is 0 Å². The Kier molecular flexibility index (Phi) is 8.38. The summed E-state index contributed by atoms with van der Waals surface area (Å²) in [5, 5.41) is 0. The van der Waals surface area contributed by atoms with Crippen LogP contribution >= 0.6 is 0 Å². The van der Waals surface area contributed by atoms with Crippen LogP contribution in [0.1, 0.15) is 60.2 Å². The van der Waals surface area contributed by atoms with Gasteiger partial charge in [-0.3, -0.25) is 19.6 Å². The fourth-order valence-electron chi connectivity index (χ4n) is 5.75. The molecular formula is C33H37N5O6. The molecule has 0 fully saturated rings. The largest absolute Gasteiger partial charge is 0.493 e. The fourth-order valence-corrected chi connectivity index (χ4v) is 5.75. The Bertz CT molecular complexity index is 1600. The predicted molar refractivity (Wildman–Crippen MR) is 167 cm³/mol. The fraction of sp³-hybridized carbons (Fsp3) is 0.394. The number of nitrogens with zero attached hydrogens (tertiary/aromatic N) is 4. The van der Waals surface area contributed by atoms with Crippen molar-refractivity contribution in [2.45, 2.75) is 51.6 Å². The number of hydrogen-bond acceptors (Lipinski definition) is 9. The molecule has 2 atom stereocenters. The number of aliphatic imine (C=N–C) groups is 2. The highest BCUT2D eigenvalue weighted by Crippen LogP contribution is 2.40. The summed E-state index contributed by atoms with van der Waals surface area (Å²) in [5.41, 5.74) is 9.98. The molecule has 2 aromatic carbocycles. The number of carbonyl (C=O) groups is 2. The minimum atomic E-state index is -0.115. The molecule has 11 heteroatoms. The summed E-state index contributed by atoms with van der Waals surface area (Å²) in [6.07, 6.45) is 10.1. The van der Waals surface area contributed by atoms with Crippen molar-refractivity contribution >= 4 is 35.6 Å². The lowest BCUT2D eigenvalue weighted by atomic mass is 10.1. The highest BCUT2D eigenvalue weighted by molar-refractivity contribution is 6.05. The third-order valence-electron chi connectivity index (χ3n) is 7.95. The summed E-state index contributed by atoms with van der Waals surface area (Å²) in [5.74, 6) is 1.70. The molecule has 4 aliphatic heterocycles. The molecule has 4 aliphatic rings. The van der Waals surface area contributed by atoms with Gasteiger partial charge in [-0.2, -0.15) is 0 Å². The highest BCUT2D eigenvalue weighted by atomic mass is 16.5. The third kappa shape index (κ3) is 5.79. The lowest BCUT2D eigenvalue weighted by Crippen LogP contribution is -2.32. The van der Waals surface area contributed by atoms with Gasteiger partial charge in [0.15, 0.2) is 23.0 Å². The molecule has 44 heavy (non-hydrogen) atoms. The van der Waals surface area contributed by atoms with Crippen LogP contribution in [0.3, 0.4) is 0 Å². The van der Waals surface area contributed by atoms with E-state index in [-0.39, 0.29) is 23.9 Å². The quantitative estimate of drug-likeness (QED) is 0.363. The Labute approximate surface area is 256 Å². The Morgan fingerprint density at radius 3 is 1.68 bits per heavy atom. The molecule has 11 nitrogen and oxygen atoms in total. The number of benzene rings is 2. The lowest BCUT2D eigenvalue weighted by Gasteiger charge is -2.20. The van der Waals surface area contributed by atoms with Crippen LogP contribution in [0, 0.1) is 0 Å². The summed E-state index contributed by atoms with van der Waals surface area (Å²) < 4.78 is 23.7. The number of carbonyl (C=O) groups excluding carboxylic acids is 2. The molecular weight excluding hydrogens is 562 g/mol. The number of amides is 2. The third-order valence-corrected chi connectivity index (χ3v) is 7.95. The summed E-state index contributed by atoms with van der Waals surface area (Å²) in [6.45, 7) is 5.56. The van der Waals surface area contributed by atoms with Gasteiger partial charge in [0.2, 0.25) is 0 Å². The van der Waals surface area contributed by atoms with Crippen LogP contribution in [-0.2, 0) is 0 Å². The van der Waals surface area contributed by atoms with Gasteiger partial charge in [0.1, 0.15) is 0 Å². The first kappa shape index (κ1) is 29.4. The molecule has 0 saturated heterocycles. The van der Waals surface area contributed by atoms with Crippen molar-refractivity contribution in [2.75, 3.05) is 33.5 Å². The summed E-state index contributed by atoms with van der Waals surface area (Å²) in [4.78, 5) is 39.3. The van der Waals surface area contributed by atoms with Crippen molar-refractivity contribution in [3.63, 3.8) is 0 Å². The van der Waals surface area contributed by atoms with Crippen LogP contribution in [-0.4, -0.2) is 79.6 Å². The number of methoxy groups -OCH3 is 1. The average molecular weight is 600 g/mol. The normalized spacial score (nSPS) is 19.8. The van der Waals surface area contributed by atoms with Crippen molar-refractivity contribution in [1.29, 1.82) is 0 Å². The smallest absolute Gasteiger partial charge is 0.260 e. The van der Waals surface area contributed by atoms with E-state index in [1.165, 1.54) is 0 Å². The molecule has 230 valence electrons. The molecule has 6 rings (SSSR count). The molecule has 2 unspecified atom stereocenters. The van der Waals surface area contributed by atoms with Crippen LogP contribution < -0.4 is 24.7 Å². The summed E-state index contributed by atoms with van der Waals surface area (Å²) in [6, 6.07) is 6.73. The van der Waals surface area contributed by atoms with Gasteiger partial charge in [0.05, 0.1) is 61.5 Å². The van der Waals surface area contributed by atoms with Gasteiger partial charge >= 0.3 is 0 Å². The molecule has 0 aliphatic carbocycles. The SMILES string of the molecule is COc1cc2c(cc1OCCCOc1cc3c(cc1OCCCN)C(=O)N1C=C(C)CC1C=N3)N=CC1CC(C)=CN1C2=O. The van der Waals surface area contributed by atoms with E-state index in [0.717, 1.165) is 24.0 Å². The monoisotopic (exact) mass is 599 g/mol. The predicted octanol–water partition coefficient (Wildman–Crippen LogP) is 4.94. The van der Waals surface area contributed by atoms with Crippen LogP contribution in [0.25, 0.3) is 0 Å². The maximum atomic E-state index is 13.4. The molecule has 0 saturated carbocycles. The van der Waals surface area contributed by atoms with Crippen molar-refractivity contribution in [3.8, 4) is 23.0 Å². The van der Waals surface area contributed by atoms with Crippen LogP contribution in [0.5, 0.6) is 23.0 Å². The van der Waals surface area contributed by atoms with Gasteiger partial charge in [-0.25, -0.2) is 0 Å². The second-order valence-corrected chi connectivity index (χ2v) is 11.4. The van der Waals surface area contributed by atoms with Crippen LogP contribution in [0.15, 0.2) is 57.8 Å². The van der Waals surface area contributed by atoms with E-state index in [4.69, 9.17) is 24.7 Å². The van der Waals surface area contributed by atoms with Crippen molar-refractivity contribution in [3.05, 3.63) is 58.9 Å². The zero-order valence-electron chi connectivity index (χ0n) is 25.2. The molecule has 0 radical (unpaired) electrons. The van der Waals surface area contributed by atoms with Crippen molar-refractivity contribution in [2.24, 2.45) is 15.7 Å². The van der Waals surface area contributed by atoms with Gasteiger partial charge in [-0.15, -0.1) is 0 Å². The molecule has 4 heterocycles. The minimum Gasteiger partial charge on any atom is -0.493 e. The van der Waals surface area contributed by atoms with Crippen molar-refractivity contribution in [1.82, 2.24) is 9.80 Å². The first-order valence-corrected chi connectivity index (χ1v) is 14.9.